The molecule has 10 nitrogen and oxygen atoms in total. The van der Waals surface area contributed by atoms with Crippen LogP contribution in [0.15, 0.2) is 18.2 Å². The average Bonchev–Trinajstić information content (AvgIpc) is 2.99. The number of imidazole rings is 1. The van der Waals surface area contributed by atoms with Crippen molar-refractivity contribution in [2.75, 3.05) is 11.5 Å². The van der Waals surface area contributed by atoms with Gasteiger partial charge < -0.3 is 26.1 Å². The number of carbonyl (C=O) groups excluding carboxylic acids is 2. The smallest absolute Gasteiger partial charge is 0.308 e. The van der Waals surface area contributed by atoms with Crippen molar-refractivity contribution in [3.8, 4) is 5.75 Å². The molecule has 0 saturated carbocycles. The van der Waals surface area contributed by atoms with Gasteiger partial charge >= 0.3 is 5.97 Å². The normalized spacial score (nSPS) is 10.8. The highest BCUT2D eigenvalue weighted by molar-refractivity contribution is 6.31. The molecule has 0 aliphatic heterocycles. The third-order valence-corrected chi connectivity index (χ3v) is 4.18. The zero-order chi connectivity index (χ0) is 20.4. The quantitative estimate of drug-likeness (QED) is 0.428. The lowest BCUT2D eigenvalue weighted by Crippen LogP contribution is -2.27. The maximum absolute atomic E-state index is 12.4. The van der Waals surface area contributed by atoms with E-state index in [4.69, 9.17) is 27.8 Å². The van der Waals surface area contributed by atoms with Gasteiger partial charge in [-0.15, -0.1) is 0 Å². The lowest BCUT2D eigenvalue weighted by Gasteiger charge is -2.09. The number of aryl methyl sites for hydroxylation is 1. The van der Waals surface area contributed by atoms with Crippen molar-refractivity contribution < 1.29 is 14.3 Å². The van der Waals surface area contributed by atoms with Crippen molar-refractivity contribution in [1.82, 2.24) is 24.8 Å². The fraction of sp³-hybridized carbons (Fsp3) is 0.235. The molecule has 0 aliphatic carbocycles. The van der Waals surface area contributed by atoms with Crippen LogP contribution >= 0.6 is 11.6 Å². The van der Waals surface area contributed by atoms with Gasteiger partial charge in [-0.3, -0.25) is 9.59 Å². The lowest BCUT2D eigenvalue weighted by atomic mass is 10.3. The van der Waals surface area contributed by atoms with Gasteiger partial charge in [0.2, 0.25) is 0 Å². The predicted molar refractivity (Wildman–Crippen MR) is 104 cm³/mol. The van der Waals surface area contributed by atoms with E-state index in [0.717, 1.165) is 5.52 Å². The first-order valence-corrected chi connectivity index (χ1v) is 8.72. The van der Waals surface area contributed by atoms with E-state index < -0.39 is 11.9 Å². The monoisotopic (exact) mass is 403 g/mol. The SMILES string of the molecule is CCn1c(CNC(=O)c2nc(Cl)c(N)nc2N)nc2ccc(OC(C)=O)cc21. The summed E-state index contributed by atoms with van der Waals surface area (Å²) < 4.78 is 7.02. The van der Waals surface area contributed by atoms with Gasteiger partial charge in [-0.2, -0.15) is 0 Å². The highest BCUT2D eigenvalue weighted by atomic mass is 35.5. The van der Waals surface area contributed by atoms with Gasteiger partial charge in [-0.25, -0.2) is 15.0 Å². The number of hydrogen-bond donors (Lipinski definition) is 3. The van der Waals surface area contributed by atoms with E-state index in [1.807, 2.05) is 11.5 Å². The van der Waals surface area contributed by atoms with Crippen LogP contribution < -0.4 is 21.5 Å². The minimum Gasteiger partial charge on any atom is -0.427 e. The number of nitrogens with zero attached hydrogens (tertiary/aromatic N) is 4. The van der Waals surface area contributed by atoms with Crippen LogP contribution in [-0.2, 0) is 17.9 Å². The zero-order valence-electron chi connectivity index (χ0n) is 15.2. The molecule has 0 spiro atoms. The summed E-state index contributed by atoms with van der Waals surface area (Å²) in [6.07, 6.45) is 0. The highest BCUT2D eigenvalue weighted by Crippen LogP contribution is 2.23. The Hall–Kier alpha value is -3.40. The van der Waals surface area contributed by atoms with Crippen LogP contribution in [0.25, 0.3) is 11.0 Å². The molecule has 1 amide bonds. The van der Waals surface area contributed by atoms with Gasteiger partial charge in [0.05, 0.1) is 17.6 Å². The number of anilines is 2. The molecular weight excluding hydrogens is 386 g/mol. The number of fused-ring (bicyclic) bond motifs is 1. The Morgan fingerprint density at radius 2 is 1.96 bits per heavy atom. The molecule has 0 bridgehead atoms. The number of carbonyl (C=O) groups is 2. The molecule has 1 aromatic carbocycles. The van der Waals surface area contributed by atoms with Crippen molar-refractivity contribution in [2.24, 2.45) is 0 Å². The van der Waals surface area contributed by atoms with Gasteiger partial charge in [0.25, 0.3) is 5.91 Å². The number of rotatable bonds is 5. The van der Waals surface area contributed by atoms with E-state index >= 15 is 0 Å². The number of nitrogen functional groups attached to an aromatic ring is 2. The van der Waals surface area contributed by atoms with Crippen molar-refractivity contribution >= 4 is 46.1 Å². The number of nitrogens with two attached hydrogens (primary N) is 2. The van der Waals surface area contributed by atoms with Crippen LogP contribution in [0.3, 0.4) is 0 Å². The molecule has 0 saturated heterocycles. The molecule has 0 unspecified atom stereocenters. The fourth-order valence-corrected chi connectivity index (χ4v) is 2.85. The number of halogens is 1. The van der Waals surface area contributed by atoms with Gasteiger partial charge in [0, 0.05) is 19.5 Å². The number of hydrogen-bond acceptors (Lipinski definition) is 8. The van der Waals surface area contributed by atoms with Crippen LogP contribution in [-0.4, -0.2) is 31.4 Å². The molecule has 146 valence electrons. The fourth-order valence-electron chi connectivity index (χ4n) is 2.72. The minimum atomic E-state index is -0.554. The van der Waals surface area contributed by atoms with Gasteiger partial charge in [0.1, 0.15) is 11.6 Å². The Morgan fingerprint density at radius 3 is 2.64 bits per heavy atom. The summed E-state index contributed by atoms with van der Waals surface area (Å²) in [6.45, 7) is 3.99. The molecule has 0 atom stereocenters. The second kappa shape index (κ2) is 7.69. The van der Waals surface area contributed by atoms with Gasteiger partial charge in [0.15, 0.2) is 22.5 Å². The first kappa shape index (κ1) is 19.4. The average molecular weight is 404 g/mol. The molecule has 0 aliphatic rings. The van der Waals surface area contributed by atoms with E-state index in [1.54, 1.807) is 18.2 Å². The first-order chi connectivity index (χ1) is 13.3. The zero-order valence-corrected chi connectivity index (χ0v) is 15.9. The molecule has 5 N–H and O–H groups in total. The van der Waals surface area contributed by atoms with Gasteiger partial charge in [-0.1, -0.05) is 11.6 Å². The maximum atomic E-state index is 12.4. The maximum Gasteiger partial charge on any atom is 0.308 e. The van der Waals surface area contributed by atoms with E-state index in [9.17, 15) is 9.59 Å². The summed E-state index contributed by atoms with van der Waals surface area (Å²) >= 11 is 5.81. The van der Waals surface area contributed by atoms with Gasteiger partial charge in [-0.05, 0) is 19.1 Å². The molecule has 0 fully saturated rings. The van der Waals surface area contributed by atoms with Crippen LogP contribution in [0.2, 0.25) is 5.15 Å². The minimum absolute atomic E-state index is 0.0490. The highest BCUT2D eigenvalue weighted by Gasteiger charge is 2.17. The van der Waals surface area contributed by atoms with Crippen LogP contribution in [0.1, 0.15) is 30.2 Å². The molecule has 3 rings (SSSR count). The predicted octanol–water partition coefficient (Wildman–Crippen LogP) is 1.52. The summed E-state index contributed by atoms with van der Waals surface area (Å²) in [5, 5.41) is 2.60. The van der Waals surface area contributed by atoms with Crippen LogP contribution in [0.5, 0.6) is 5.75 Å². The Labute approximate surface area is 164 Å². The standard InChI is InChI=1S/C17H18ClN7O3/c1-3-25-11-6-9(28-8(2)26)4-5-10(11)22-12(25)7-21-17(27)13-15(19)24-16(20)14(18)23-13/h4-6H,3,7H2,1-2H3,(H,21,27)(H4,19,20,24). The molecular formula is C17H18ClN7O3. The number of benzene rings is 1. The molecule has 0 radical (unpaired) electrons. The number of ether oxygens (including phenoxy) is 1. The summed E-state index contributed by atoms with van der Waals surface area (Å²) in [4.78, 5) is 35.7. The Balaban J connectivity index is 1.85. The summed E-state index contributed by atoms with van der Waals surface area (Å²) in [6, 6.07) is 5.13. The number of esters is 1. The first-order valence-electron chi connectivity index (χ1n) is 8.34. The Morgan fingerprint density at radius 1 is 1.21 bits per heavy atom. The molecule has 11 heteroatoms. The molecule has 3 aromatic rings. The number of aromatic nitrogens is 4. The molecule has 2 aromatic heterocycles. The van der Waals surface area contributed by atoms with Crippen molar-refractivity contribution in [2.45, 2.75) is 26.9 Å². The second-order valence-electron chi connectivity index (χ2n) is 5.83. The Bertz CT molecular complexity index is 1080. The third-order valence-electron chi connectivity index (χ3n) is 3.90. The van der Waals surface area contributed by atoms with E-state index in [1.165, 1.54) is 6.92 Å². The van der Waals surface area contributed by atoms with E-state index in [-0.39, 0.29) is 29.0 Å². The van der Waals surface area contributed by atoms with Crippen molar-refractivity contribution in [1.29, 1.82) is 0 Å². The number of nitrogens with one attached hydrogen (secondary N) is 1. The lowest BCUT2D eigenvalue weighted by molar-refractivity contribution is -0.131. The van der Waals surface area contributed by atoms with E-state index in [0.29, 0.717) is 23.6 Å². The van der Waals surface area contributed by atoms with E-state index in [2.05, 4.69) is 20.3 Å². The van der Waals surface area contributed by atoms with Crippen LogP contribution in [0.4, 0.5) is 11.6 Å². The summed E-state index contributed by atoms with van der Waals surface area (Å²) in [7, 11) is 0. The van der Waals surface area contributed by atoms with Crippen molar-refractivity contribution in [3.05, 3.63) is 34.9 Å². The van der Waals surface area contributed by atoms with Crippen LogP contribution in [0, 0.1) is 0 Å². The third kappa shape index (κ3) is 3.81. The summed E-state index contributed by atoms with van der Waals surface area (Å²) in [5.41, 5.74) is 12.6. The molecule has 28 heavy (non-hydrogen) atoms. The topological polar surface area (TPSA) is 151 Å². The van der Waals surface area contributed by atoms with Crippen molar-refractivity contribution in [3.63, 3.8) is 0 Å². The largest absolute Gasteiger partial charge is 0.427 e. The molecule has 2 heterocycles. The summed E-state index contributed by atoms with van der Waals surface area (Å²) in [5.74, 6) is -0.0948. The number of amides is 1. The Kier molecular flexibility index (Phi) is 5.32. The second-order valence-corrected chi connectivity index (χ2v) is 6.19.